The van der Waals surface area contributed by atoms with Gasteiger partial charge in [-0.15, -0.1) is 0 Å². The summed E-state index contributed by atoms with van der Waals surface area (Å²) in [5, 5.41) is 3.85. The molecule has 0 bridgehead atoms. The van der Waals surface area contributed by atoms with E-state index >= 15 is 0 Å². The number of allylic oxidation sites excluding steroid dienone is 2. The number of methoxy groups -OCH3 is 2. The maximum atomic E-state index is 13.3. The van der Waals surface area contributed by atoms with Crippen LogP contribution in [0.25, 0.3) is 0 Å². The van der Waals surface area contributed by atoms with Gasteiger partial charge < -0.3 is 14.8 Å². The fourth-order valence-electron chi connectivity index (χ4n) is 4.36. The van der Waals surface area contributed by atoms with Gasteiger partial charge >= 0.3 is 0 Å². The summed E-state index contributed by atoms with van der Waals surface area (Å²) in [7, 11) is 3.12. The Bertz CT molecular complexity index is 1110. The lowest BCUT2D eigenvalue weighted by molar-refractivity contribution is -0.122. The molecule has 0 radical (unpaired) electrons. The molecule has 0 fully saturated rings. The van der Waals surface area contributed by atoms with Crippen molar-refractivity contribution in [1.82, 2.24) is 5.32 Å². The zero-order valence-electron chi connectivity index (χ0n) is 16.9. The first-order chi connectivity index (χ1) is 14.8. The van der Waals surface area contributed by atoms with Crippen LogP contribution < -0.4 is 14.8 Å². The van der Waals surface area contributed by atoms with E-state index in [-0.39, 0.29) is 29.9 Å². The van der Waals surface area contributed by atoms with E-state index in [1.807, 2.05) is 12.1 Å². The van der Waals surface area contributed by atoms with E-state index in [2.05, 4.69) is 21.2 Å². The minimum atomic E-state index is -0.361. The summed E-state index contributed by atoms with van der Waals surface area (Å²) in [6.45, 7) is 0. The average molecular weight is 525 g/mol. The summed E-state index contributed by atoms with van der Waals surface area (Å²) in [4.78, 5) is 25.9. The predicted octanol–water partition coefficient (Wildman–Crippen LogP) is 5.78. The molecule has 8 heteroatoms. The smallest absolute Gasteiger partial charge is 0.225 e. The average Bonchev–Trinajstić information content (AvgIpc) is 2.74. The van der Waals surface area contributed by atoms with E-state index in [1.54, 1.807) is 32.4 Å². The van der Waals surface area contributed by atoms with Crippen molar-refractivity contribution in [1.29, 1.82) is 0 Å². The summed E-state index contributed by atoms with van der Waals surface area (Å²) < 4.78 is 11.6. The van der Waals surface area contributed by atoms with Gasteiger partial charge in [-0.1, -0.05) is 45.2 Å². The molecule has 0 saturated carbocycles. The number of carbonyl (C=O) groups excluding carboxylic acids is 2. The molecule has 2 aliphatic rings. The van der Waals surface area contributed by atoms with Crippen LogP contribution in [0.1, 0.15) is 42.2 Å². The highest BCUT2D eigenvalue weighted by molar-refractivity contribution is 9.10. The van der Waals surface area contributed by atoms with Crippen molar-refractivity contribution >= 4 is 50.8 Å². The van der Waals surface area contributed by atoms with Gasteiger partial charge in [0.25, 0.3) is 0 Å². The van der Waals surface area contributed by atoms with E-state index in [9.17, 15) is 9.59 Å². The van der Waals surface area contributed by atoms with Crippen LogP contribution in [0.15, 0.2) is 46.1 Å². The molecule has 5 nitrogen and oxygen atoms in total. The normalized spacial score (nSPS) is 20.9. The highest BCUT2D eigenvalue weighted by Gasteiger charge is 2.39. The molecule has 1 amide bonds. The van der Waals surface area contributed by atoms with Gasteiger partial charge in [-0.25, -0.2) is 0 Å². The van der Waals surface area contributed by atoms with E-state index in [0.717, 1.165) is 15.6 Å². The molecule has 1 heterocycles. The van der Waals surface area contributed by atoms with Crippen LogP contribution in [-0.4, -0.2) is 25.9 Å². The minimum absolute atomic E-state index is 0.0176. The number of hydrogen-bond acceptors (Lipinski definition) is 4. The maximum absolute atomic E-state index is 13.3. The second-order valence-electron chi connectivity index (χ2n) is 7.63. The summed E-state index contributed by atoms with van der Waals surface area (Å²) in [5.41, 5.74) is 3.08. The van der Waals surface area contributed by atoms with Crippen molar-refractivity contribution < 1.29 is 19.1 Å². The van der Waals surface area contributed by atoms with Crippen LogP contribution in [0.4, 0.5) is 0 Å². The highest BCUT2D eigenvalue weighted by Crippen LogP contribution is 2.46. The van der Waals surface area contributed by atoms with Crippen molar-refractivity contribution in [2.45, 2.75) is 31.1 Å². The zero-order valence-corrected chi connectivity index (χ0v) is 20.0. The topological polar surface area (TPSA) is 64.6 Å². The first kappa shape index (κ1) is 22.2. The lowest BCUT2D eigenvalue weighted by atomic mass is 9.73. The summed E-state index contributed by atoms with van der Waals surface area (Å²) in [6.07, 6.45) is 1.08. The maximum Gasteiger partial charge on any atom is 0.225 e. The van der Waals surface area contributed by atoms with E-state index in [1.165, 1.54) is 0 Å². The van der Waals surface area contributed by atoms with Crippen molar-refractivity contribution in [2.24, 2.45) is 0 Å². The van der Waals surface area contributed by atoms with Gasteiger partial charge in [-0.05, 0) is 47.7 Å². The molecule has 4 rings (SSSR count). The molecule has 162 valence electrons. The Kier molecular flexibility index (Phi) is 6.33. The van der Waals surface area contributed by atoms with Crippen molar-refractivity contribution in [3.8, 4) is 11.5 Å². The van der Waals surface area contributed by atoms with E-state index in [0.29, 0.717) is 45.7 Å². The van der Waals surface area contributed by atoms with Crippen molar-refractivity contribution in [3.05, 3.63) is 67.2 Å². The van der Waals surface area contributed by atoms with Crippen LogP contribution in [0.5, 0.6) is 11.5 Å². The SMILES string of the molecule is COc1cc(Br)c(C2CC(=O)NC3=C2C(=O)CC(c2ccc(Cl)c(Cl)c2)C3)cc1OC. The lowest BCUT2D eigenvalue weighted by Gasteiger charge is -2.35. The third kappa shape index (κ3) is 4.21. The van der Waals surface area contributed by atoms with Gasteiger partial charge in [-0.3, -0.25) is 9.59 Å². The number of benzene rings is 2. The number of rotatable bonds is 4. The molecule has 1 aliphatic carbocycles. The van der Waals surface area contributed by atoms with Gasteiger partial charge in [0.2, 0.25) is 5.91 Å². The molecule has 0 aromatic heterocycles. The van der Waals surface area contributed by atoms with Crippen LogP contribution >= 0.6 is 39.1 Å². The van der Waals surface area contributed by atoms with Gasteiger partial charge in [0.05, 0.1) is 24.3 Å². The number of nitrogens with one attached hydrogen (secondary N) is 1. The molecule has 2 aromatic carbocycles. The van der Waals surface area contributed by atoms with Gasteiger partial charge in [0, 0.05) is 34.5 Å². The standard InChI is InChI=1S/C23H20BrCl2NO4/c1-30-20-8-13(15(24)10-21(20)31-2)14-9-22(29)27-18-6-12(7-19(28)23(14)18)11-3-4-16(25)17(26)5-11/h3-5,8,10,12,14H,6-7,9H2,1-2H3,(H,27,29). The molecule has 1 N–H and O–H groups in total. The van der Waals surface area contributed by atoms with Gasteiger partial charge in [0.15, 0.2) is 17.3 Å². The molecule has 2 aromatic rings. The first-order valence-corrected chi connectivity index (χ1v) is 11.3. The van der Waals surface area contributed by atoms with Crippen molar-refractivity contribution in [3.63, 3.8) is 0 Å². The van der Waals surface area contributed by atoms with E-state index in [4.69, 9.17) is 32.7 Å². The number of carbonyl (C=O) groups is 2. The third-order valence-electron chi connectivity index (χ3n) is 5.83. The van der Waals surface area contributed by atoms with Crippen LogP contribution in [0, 0.1) is 0 Å². The Hall–Kier alpha value is -2.02. The van der Waals surface area contributed by atoms with Gasteiger partial charge in [-0.2, -0.15) is 0 Å². The molecular formula is C23H20BrCl2NO4. The Morgan fingerprint density at radius 3 is 2.35 bits per heavy atom. The van der Waals surface area contributed by atoms with Crippen LogP contribution in [0.2, 0.25) is 10.0 Å². The quantitative estimate of drug-likeness (QED) is 0.550. The second kappa shape index (κ2) is 8.85. The molecule has 2 atom stereocenters. The Balaban J connectivity index is 1.75. The summed E-state index contributed by atoms with van der Waals surface area (Å²) in [6, 6.07) is 9.03. The fraction of sp³-hybridized carbons (Fsp3) is 0.304. The molecule has 0 saturated heterocycles. The monoisotopic (exact) mass is 523 g/mol. The molecular weight excluding hydrogens is 505 g/mol. The first-order valence-electron chi connectivity index (χ1n) is 9.74. The number of ether oxygens (including phenoxy) is 2. The largest absolute Gasteiger partial charge is 0.493 e. The third-order valence-corrected chi connectivity index (χ3v) is 7.26. The minimum Gasteiger partial charge on any atom is -0.493 e. The number of halogens is 3. The number of ketones is 1. The molecule has 1 aliphatic heterocycles. The van der Waals surface area contributed by atoms with Crippen LogP contribution in [-0.2, 0) is 9.59 Å². The number of Topliss-reactive ketones (excluding diaryl/α,β-unsaturated/α-hetero) is 1. The van der Waals surface area contributed by atoms with Gasteiger partial charge in [0.1, 0.15) is 0 Å². The molecule has 2 unspecified atom stereocenters. The second-order valence-corrected chi connectivity index (χ2v) is 9.30. The summed E-state index contributed by atoms with van der Waals surface area (Å²) >= 11 is 15.8. The number of hydrogen-bond donors (Lipinski definition) is 1. The van der Waals surface area contributed by atoms with Crippen LogP contribution in [0.3, 0.4) is 0 Å². The Morgan fingerprint density at radius 1 is 0.968 bits per heavy atom. The van der Waals surface area contributed by atoms with Crippen molar-refractivity contribution in [2.75, 3.05) is 14.2 Å². The zero-order chi connectivity index (χ0) is 22.3. The Labute approximate surface area is 198 Å². The molecule has 31 heavy (non-hydrogen) atoms. The summed E-state index contributed by atoms with van der Waals surface area (Å²) in [5.74, 6) is 0.583. The lowest BCUT2D eigenvalue weighted by Crippen LogP contribution is -2.38. The number of amides is 1. The highest BCUT2D eigenvalue weighted by atomic mass is 79.9. The molecule has 0 spiro atoms. The Morgan fingerprint density at radius 2 is 1.68 bits per heavy atom. The van der Waals surface area contributed by atoms with E-state index < -0.39 is 0 Å². The predicted molar refractivity (Wildman–Crippen MR) is 123 cm³/mol. The fourth-order valence-corrected chi connectivity index (χ4v) is 5.27.